The molecule has 0 bridgehead atoms. The largest absolute Gasteiger partial charge is 0.454 e. The van der Waals surface area contributed by atoms with Crippen molar-refractivity contribution in [2.75, 3.05) is 6.54 Å². The molecule has 1 aliphatic heterocycles. The van der Waals surface area contributed by atoms with Crippen molar-refractivity contribution >= 4 is 43.7 Å². The molecule has 10 rings (SSSR count). The Morgan fingerprint density at radius 1 is 0.574 bits per heavy atom. The molecule has 47 heavy (non-hydrogen) atoms. The van der Waals surface area contributed by atoms with Crippen LogP contribution in [0.5, 0.6) is 0 Å². The minimum atomic E-state index is 0.430. The van der Waals surface area contributed by atoms with E-state index in [1.165, 1.54) is 16.3 Å². The molecule has 3 aromatic heterocycles. The number of aromatic nitrogens is 3. The highest BCUT2D eigenvalue weighted by Crippen LogP contribution is 2.40. The van der Waals surface area contributed by atoms with Crippen LogP contribution in [-0.2, 0) is 0 Å². The number of furan rings is 1. The van der Waals surface area contributed by atoms with Gasteiger partial charge in [-0.3, -0.25) is 0 Å². The fraction of sp³-hybridized carbons (Fsp3) is 0.0476. The third kappa shape index (κ3) is 4.28. The highest BCUT2D eigenvalue weighted by molar-refractivity contribution is 6.21. The summed E-state index contributed by atoms with van der Waals surface area (Å²) >= 11 is 0. The summed E-state index contributed by atoms with van der Waals surface area (Å²) in [6, 6.07) is 51.4. The molecule has 1 aliphatic rings. The lowest BCUT2D eigenvalue weighted by molar-refractivity contribution is 0.671. The third-order valence-corrected chi connectivity index (χ3v) is 9.35. The smallest absolute Gasteiger partial charge is 0.160 e. The van der Waals surface area contributed by atoms with Crippen molar-refractivity contribution in [1.82, 2.24) is 19.9 Å². The molecule has 9 aromatic rings. The Kier molecular flexibility index (Phi) is 5.71. The molecule has 0 aliphatic carbocycles. The molecule has 0 spiro atoms. The first-order valence-corrected chi connectivity index (χ1v) is 16.0. The lowest BCUT2D eigenvalue weighted by Crippen LogP contribution is -1.98. The number of benzene rings is 6. The predicted molar refractivity (Wildman–Crippen MR) is 191 cm³/mol. The van der Waals surface area contributed by atoms with Crippen LogP contribution in [0.25, 0.3) is 83.3 Å². The maximum Gasteiger partial charge on any atom is 0.160 e. The Bertz CT molecular complexity index is 2630. The SMILES string of the molecule is c1ccc(-c2cc(-c3cccc(C4CN4)c3)nc(-c3ccc(-n4c5ccccc5c5ccc6c7ccccc7oc6c54)cc3)n2)cc1. The first kappa shape index (κ1) is 26.2. The van der Waals surface area contributed by atoms with Crippen molar-refractivity contribution in [1.29, 1.82) is 0 Å². The van der Waals surface area contributed by atoms with Crippen LogP contribution in [0, 0.1) is 0 Å². The topological polar surface area (TPSA) is 65.8 Å². The van der Waals surface area contributed by atoms with Crippen LogP contribution in [0.2, 0.25) is 0 Å². The average Bonchev–Trinajstić information content (AvgIpc) is 3.85. The molecule has 1 N–H and O–H groups in total. The van der Waals surface area contributed by atoms with E-state index in [0.717, 1.165) is 73.3 Å². The van der Waals surface area contributed by atoms with Crippen molar-refractivity contribution in [3.8, 4) is 39.6 Å². The van der Waals surface area contributed by atoms with Crippen LogP contribution in [-0.4, -0.2) is 21.1 Å². The molecule has 1 unspecified atom stereocenters. The van der Waals surface area contributed by atoms with E-state index in [1.807, 2.05) is 18.2 Å². The molecule has 1 saturated heterocycles. The molecule has 5 heteroatoms. The molecule has 5 nitrogen and oxygen atoms in total. The van der Waals surface area contributed by atoms with Crippen molar-refractivity contribution in [3.05, 3.63) is 151 Å². The van der Waals surface area contributed by atoms with Crippen LogP contribution in [0.4, 0.5) is 0 Å². The van der Waals surface area contributed by atoms with Crippen LogP contribution in [0.3, 0.4) is 0 Å². The van der Waals surface area contributed by atoms with Gasteiger partial charge in [0.1, 0.15) is 5.58 Å². The van der Waals surface area contributed by atoms with E-state index in [1.54, 1.807) is 0 Å². The summed E-state index contributed by atoms with van der Waals surface area (Å²) in [6.45, 7) is 1.02. The van der Waals surface area contributed by atoms with E-state index in [4.69, 9.17) is 14.4 Å². The van der Waals surface area contributed by atoms with Gasteiger partial charge in [0.25, 0.3) is 0 Å². The number of fused-ring (bicyclic) bond motifs is 7. The Morgan fingerprint density at radius 2 is 1.28 bits per heavy atom. The number of para-hydroxylation sites is 2. The number of rotatable bonds is 5. The molecule has 0 radical (unpaired) electrons. The monoisotopic (exact) mass is 604 g/mol. The van der Waals surface area contributed by atoms with E-state index < -0.39 is 0 Å². The van der Waals surface area contributed by atoms with Gasteiger partial charge in [-0.25, -0.2) is 9.97 Å². The van der Waals surface area contributed by atoms with Gasteiger partial charge in [0.2, 0.25) is 0 Å². The first-order valence-electron chi connectivity index (χ1n) is 16.0. The lowest BCUT2D eigenvalue weighted by atomic mass is 10.0. The normalized spacial score (nSPS) is 14.4. The molecule has 1 atom stereocenters. The summed E-state index contributed by atoms with van der Waals surface area (Å²) in [7, 11) is 0. The predicted octanol–water partition coefficient (Wildman–Crippen LogP) is 10.1. The van der Waals surface area contributed by atoms with E-state index in [0.29, 0.717) is 11.9 Å². The van der Waals surface area contributed by atoms with Crippen LogP contribution in [0.15, 0.2) is 150 Å². The number of nitrogens with zero attached hydrogens (tertiary/aromatic N) is 3. The van der Waals surface area contributed by atoms with E-state index in [2.05, 4.69) is 137 Å². The number of hydrogen-bond acceptors (Lipinski definition) is 4. The second-order valence-corrected chi connectivity index (χ2v) is 12.3. The van der Waals surface area contributed by atoms with Gasteiger partial charge in [0, 0.05) is 56.5 Å². The molecule has 4 heterocycles. The van der Waals surface area contributed by atoms with Gasteiger partial charge >= 0.3 is 0 Å². The minimum absolute atomic E-state index is 0.430. The third-order valence-electron chi connectivity index (χ3n) is 9.35. The van der Waals surface area contributed by atoms with E-state index >= 15 is 0 Å². The van der Waals surface area contributed by atoms with Gasteiger partial charge in [0.05, 0.1) is 22.4 Å². The fourth-order valence-electron chi connectivity index (χ4n) is 6.95. The van der Waals surface area contributed by atoms with Crippen LogP contribution < -0.4 is 5.32 Å². The summed E-state index contributed by atoms with van der Waals surface area (Å²) in [5.41, 5.74) is 11.3. The van der Waals surface area contributed by atoms with Gasteiger partial charge in [-0.2, -0.15) is 0 Å². The van der Waals surface area contributed by atoms with Crippen molar-refractivity contribution in [2.24, 2.45) is 0 Å². The van der Waals surface area contributed by atoms with E-state index in [9.17, 15) is 0 Å². The quantitative estimate of drug-likeness (QED) is 0.199. The summed E-state index contributed by atoms with van der Waals surface area (Å²) in [4.78, 5) is 10.2. The summed E-state index contributed by atoms with van der Waals surface area (Å²) in [5, 5.41) is 8.03. The van der Waals surface area contributed by atoms with Gasteiger partial charge in [0.15, 0.2) is 11.4 Å². The first-order chi connectivity index (χ1) is 23.3. The van der Waals surface area contributed by atoms with Gasteiger partial charge in [-0.05, 0) is 60.2 Å². The maximum atomic E-state index is 6.54. The van der Waals surface area contributed by atoms with Crippen molar-refractivity contribution in [3.63, 3.8) is 0 Å². The maximum absolute atomic E-state index is 6.54. The second-order valence-electron chi connectivity index (χ2n) is 12.3. The summed E-state index contributed by atoms with van der Waals surface area (Å²) < 4.78 is 8.87. The highest BCUT2D eigenvalue weighted by Gasteiger charge is 2.23. The number of nitrogens with one attached hydrogen (secondary N) is 1. The van der Waals surface area contributed by atoms with Crippen molar-refractivity contribution < 1.29 is 4.42 Å². The molecular formula is C42H28N4O. The van der Waals surface area contributed by atoms with Crippen LogP contribution in [0.1, 0.15) is 11.6 Å². The molecular weight excluding hydrogens is 576 g/mol. The highest BCUT2D eigenvalue weighted by atomic mass is 16.3. The molecule has 6 aromatic carbocycles. The van der Waals surface area contributed by atoms with Gasteiger partial charge < -0.3 is 14.3 Å². The lowest BCUT2D eigenvalue weighted by Gasteiger charge is -2.12. The average molecular weight is 605 g/mol. The fourth-order valence-corrected chi connectivity index (χ4v) is 6.95. The minimum Gasteiger partial charge on any atom is -0.454 e. The summed E-state index contributed by atoms with van der Waals surface area (Å²) in [5.74, 6) is 0.699. The standard InChI is InChI=1S/C42H28N4O/c1-2-9-26(10-3-1)35-24-36(28-11-8-12-29(23-28)37-25-43-37)45-42(44-35)27-17-19-30(20-18-27)46-38-15-6-4-13-31(38)33-21-22-34-32-14-5-7-16-39(32)47-41(34)40(33)46/h1-24,37,43H,25H2. The zero-order valence-electron chi connectivity index (χ0n) is 25.4. The zero-order chi connectivity index (χ0) is 30.9. The summed E-state index contributed by atoms with van der Waals surface area (Å²) in [6.07, 6.45) is 0. The second kappa shape index (κ2) is 10.2. The molecule has 0 saturated carbocycles. The number of hydrogen-bond donors (Lipinski definition) is 1. The molecule has 0 amide bonds. The Labute approximate surface area is 270 Å². The Morgan fingerprint density at radius 3 is 2.11 bits per heavy atom. The van der Waals surface area contributed by atoms with Crippen molar-refractivity contribution in [2.45, 2.75) is 6.04 Å². The molecule has 1 fully saturated rings. The molecule has 222 valence electrons. The Balaban J connectivity index is 1.14. The Hall–Kier alpha value is -6.04. The van der Waals surface area contributed by atoms with E-state index in [-0.39, 0.29) is 0 Å². The van der Waals surface area contributed by atoms with Crippen LogP contribution >= 0.6 is 0 Å². The van der Waals surface area contributed by atoms with Gasteiger partial charge in [-0.1, -0.05) is 91.0 Å². The zero-order valence-corrected chi connectivity index (χ0v) is 25.4. The van der Waals surface area contributed by atoms with Gasteiger partial charge in [-0.15, -0.1) is 0 Å².